The highest BCUT2D eigenvalue weighted by Crippen LogP contribution is 2.32. The molecule has 1 aromatic carbocycles. The SMILES string of the molecule is C[C@H]1CCc2[nH]c3ccc(C(=O)N(C)C)cc3c2C1. The largest absolute Gasteiger partial charge is 0.358 e. The van der Waals surface area contributed by atoms with Gasteiger partial charge in [0.2, 0.25) is 0 Å². The van der Waals surface area contributed by atoms with Crippen molar-refractivity contribution in [2.45, 2.75) is 26.2 Å². The molecule has 0 unspecified atom stereocenters. The van der Waals surface area contributed by atoms with Crippen molar-refractivity contribution in [2.24, 2.45) is 5.92 Å². The van der Waals surface area contributed by atoms with Crippen LogP contribution in [0, 0.1) is 5.92 Å². The predicted molar refractivity (Wildman–Crippen MR) is 77.5 cm³/mol. The molecule has 0 saturated heterocycles. The Hall–Kier alpha value is -1.77. The van der Waals surface area contributed by atoms with E-state index in [0.717, 1.165) is 29.8 Å². The van der Waals surface area contributed by atoms with Crippen LogP contribution in [0.5, 0.6) is 0 Å². The molecule has 1 aliphatic rings. The average Bonchev–Trinajstić information content (AvgIpc) is 2.75. The van der Waals surface area contributed by atoms with Gasteiger partial charge in [-0.1, -0.05) is 6.92 Å². The van der Waals surface area contributed by atoms with Crippen LogP contribution in [0.4, 0.5) is 0 Å². The van der Waals surface area contributed by atoms with Crippen molar-refractivity contribution >= 4 is 16.8 Å². The molecule has 0 aliphatic heterocycles. The molecule has 0 saturated carbocycles. The number of fused-ring (bicyclic) bond motifs is 3. The Balaban J connectivity index is 2.12. The fraction of sp³-hybridized carbons (Fsp3) is 0.438. The van der Waals surface area contributed by atoms with Crippen LogP contribution in [0.2, 0.25) is 0 Å². The fourth-order valence-corrected chi connectivity index (χ4v) is 2.98. The molecule has 3 rings (SSSR count). The lowest BCUT2D eigenvalue weighted by Crippen LogP contribution is -2.21. The van der Waals surface area contributed by atoms with Crippen LogP contribution in [0.3, 0.4) is 0 Å². The van der Waals surface area contributed by atoms with Crippen LogP contribution in [0.25, 0.3) is 10.9 Å². The number of nitrogens with one attached hydrogen (secondary N) is 1. The van der Waals surface area contributed by atoms with E-state index in [9.17, 15) is 4.79 Å². The summed E-state index contributed by atoms with van der Waals surface area (Å²) in [6, 6.07) is 6.00. The number of aromatic nitrogens is 1. The third-order valence-electron chi connectivity index (χ3n) is 4.09. The Morgan fingerprint density at radius 2 is 2.16 bits per heavy atom. The van der Waals surface area contributed by atoms with Crippen LogP contribution < -0.4 is 0 Å². The van der Waals surface area contributed by atoms with E-state index in [1.807, 2.05) is 18.2 Å². The zero-order valence-corrected chi connectivity index (χ0v) is 11.8. The maximum atomic E-state index is 12.1. The number of benzene rings is 1. The topological polar surface area (TPSA) is 36.1 Å². The lowest BCUT2D eigenvalue weighted by molar-refractivity contribution is 0.0828. The second kappa shape index (κ2) is 4.41. The number of carbonyl (C=O) groups is 1. The summed E-state index contributed by atoms with van der Waals surface area (Å²) >= 11 is 0. The van der Waals surface area contributed by atoms with Gasteiger partial charge in [0.05, 0.1) is 0 Å². The van der Waals surface area contributed by atoms with Crippen molar-refractivity contribution in [1.82, 2.24) is 9.88 Å². The average molecular weight is 256 g/mol. The van der Waals surface area contributed by atoms with Gasteiger partial charge in [-0.2, -0.15) is 0 Å². The van der Waals surface area contributed by atoms with E-state index in [-0.39, 0.29) is 5.91 Å². The standard InChI is InChI=1S/C16H20N2O/c1-10-4-6-14-12(8-10)13-9-11(16(19)18(2)3)5-7-15(13)17-14/h5,7,9-10,17H,4,6,8H2,1-3H3/t10-/m0/s1. The summed E-state index contributed by atoms with van der Waals surface area (Å²) in [5, 5.41) is 1.23. The number of amides is 1. The number of H-pyrrole nitrogens is 1. The predicted octanol–water partition coefficient (Wildman–Crippen LogP) is 2.99. The Morgan fingerprint density at radius 3 is 2.89 bits per heavy atom. The number of hydrogen-bond acceptors (Lipinski definition) is 1. The Morgan fingerprint density at radius 1 is 1.37 bits per heavy atom. The van der Waals surface area contributed by atoms with Gasteiger partial charge in [-0.3, -0.25) is 4.79 Å². The molecule has 1 heterocycles. The molecule has 3 nitrogen and oxygen atoms in total. The zero-order chi connectivity index (χ0) is 13.6. The van der Waals surface area contributed by atoms with Crippen LogP contribution in [0.15, 0.2) is 18.2 Å². The number of carbonyl (C=O) groups excluding carboxylic acids is 1. The summed E-state index contributed by atoms with van der Waals surface area (Å²) in [4.78, 5) is 17.2. The van der Waals surface area contributed by atoms with Gasteiger partial charge in [0.25, 0.3) is 5.91 Å². The van der Waals surface area contributed by atoms with Crippen molar-refractivity contribution in [3.8, 4) is 0 Å². The van der Waals surface area contributed by atoms with Gasteiger partial charge >= 0.3 is 0 Å². The molecule has 19 heavy (non-hydrogen) atoms. The Bertz CT molecular complexity index is 639. The molecule has 1 atom stereocenters. The fourth-order valence-electron chi connectivity index (χ4n) is 2.98. The van der Waals surface area contributed by atoms with E-state index in [2.05, 4.69) is 11.9 Å². The molecule has 3 heteroatoms. The first kappa shape index (κ1) is 12.3. The number of aromatic amines is 1. The van der Waals surface area contributed by atoms with E-state index >= 15 is 0 Å². The maximum absolute atomic E-state index is 12.1. The van der Waals surface area contributed by atoms with E-state index in [0.29, 0.717) is 0 Å². The van der Waals surface area contributed by atoms with Gasteiger partial charge in [0, 0.05) is 36.3 Å². The van der Waals surface area contributed by atoms with Gasteiger partial charge < -0.3 is 9.88 Å². The van der Waals surface area contributed by atoms with E-state index in [4.69, 9.17) is 0 Å². The number of aryl methyl sites for hydroxylation is 1. The van der Waals surface area contributed by atoms with Crippen molar-refractivity contribution < 1.29 is 4.79 Å². The van der Waals surface area contributed by atoms with Gasteiger partial charge in [-0.25, -0.2) is 0 Å². The molecule has 0 fully saturated rings. The minimum absolute atomic E-state index is 0.0701. The van der Waals surface area contributed by atoms with Crippen molar-refractivity contribution in [2.75, 3.05) is 14.1 Å². The minimum atomic E-state index is 0.0701. The van der Waals surface area contributed by atoms with E-state index < -0.39 is 0 Å². The van der Waals surface area contributed by atoms with Gasteiger partial charge in [0.15, 0.2) is 0 Å². The van der Waals surface area contributed by atoms with Gasteiger partial charge in [-0.15, -0.1) is 0 Å². The van der Waals surface area contributed by atoms with Crippen LogP contribution in [-0.4, -0.2) is 29.9 Å². The first-order valence-electron chi connectivity index (χ1n) is 6.91. The molecule has 1 aromatic heterocycles. The molecule has 1 N–H and O–H groups in total. The first-order valence-corrected chi connectivity index (χ1v) is 6.91. The second-order valence-corrected chi connectivity index (χ2v) is 5.89. The smallest absolute Gasteiger partial charge is 0.253 e. The summed E-state index contributed by atoms with van der Waals surface area (Å²) in [5.41, 5.74) is 4.72. The van der Waals surface area contributed by atoms with Crippen LogP contribution in [0.1, 0.15) is 35.0 Å². The van der Waals surface area contributed by atoms with Crippen molar-refractivity contribution in [3.05, 3.63) is 35.0 Å². The molecular formula is C16H20N2O. The quantitative estimate of drug-likeness (QED) is 0.836. The summed E-state index contributed by atoms with van der Waals surface area (Å²) in [6.45, 7) is 2.30. The normalized spacial score (nSPS) is 18.4. The van der Waals surface area contributed by atoms with Crippen LogP contribution in [-0.2, 0) is 12.8 Å². The van der Waals surface area contributed by atoms with E-state index in [1.54, 1.807) is 19.0 Å². The summed E-state index contributed by atoms with van der Waals surface area (Å²) in [5.74, 6) is 0.806. The Kier molecular flexibility index (Phi) is 2.85. The van der Waals surface area contributed by atoms with Gasteiger partial charge in [-0.05, 0) is 48.9 Å². The molecular weight excluding hydrogens is 236 g/mol. The van der Waals surface area contributed by atoms with Crippen LogP contribution >= 0.6 is 0 Å². The molecule has 1 aliphatic carbocycles. The summed E-state index contributed by atoms with van der Waals surface area (Å²) in [7, 11) is 3.59. The summed E-state index contributed by atoms with van der Waals surface area (Å²) < 4.78 is 0. The maximum Gasteiger partial charge on any atom is 0.253 e. The van der Waals surface area contributed by atoms with Crippen molar-refractivity contribution in [3.63, 3.8) is 0 Å². The van der Waals surface area contributed by atoms with E-state index in [1.165, 1.54) is 23.1 Å². The summed E-state index contributed by atoms with van der Waals surface area (Å²) in [6.07, 6.45) is 3.50. The highest BCUT2D eigenvalue weighted by atomic mass is 16.2. The molecule has 1 amide bonds. The molecule has 0 bridgehead atoms. The second-order valence-electron chi connectivity index (χ2n) is 5.89. The minimum Gasteiger partial charge on any atom is -0.358 e. The molecule has 0 radical (unpaired) electrons. The highest BCUT2D eigenvalue weighted by Gasteiger charge is 2.20. The monoisotopic (exact) mass is 256 g/mol. The number of hydrogen-bond donors (Lipinski definition) is 1. The lowest BCUT2D eigenvalue weighted by Gasteiger charge is -2.18. The number of rotatable bonds is 1. The van der Waals surface area contributed by atoms with Crippen molar-refractivity contribution in [1.29, 1.82) is 0 Å². The zero-order valence-electron chi connectivity index (χ0n) is 11.8. The molecule has 2 aromatic rings. The third kappa shape index (κ3) is 2.03. The third-order valence-corrected chi connectivity index (χ3v) is 4.09. The Labute approximate surface area is 113 Å². The highest BCUT2D eigenvalue weighted by molar-refractivity contribution is 5.98. The molecule has 100 valence electrons. The first-order chi connectivity index (χ1) is 9.06. The lowest BCUT2D eigenvalue weighted by atomic mass is 9.87. The van der Waals surface area contributed by atoms with Gasteiger partial charge in [0.1, 0.15) is 0 Å². The molecule has 0 spiro atoms. The number of nitrogens with zero attached hydrogens (tertiary/aromatic N) is 1.